The van der Waals surface area contributed by atoms with Gasteiger partial charge in [0.2, 0.25) is 17.7 Å². The third kappa shape index (κ3) is 15.8. The Morgan fingerprint density at radius 3 is 1.67 bits per heavy atom. The number of hydrogen-bond donors (Lipinski definition) is 4. The van der Waals surface area contributed by atoms with Crippen LogP contribution in [0.25, 0.3) is 22.8 Å². The Hall–Kier alpha value is -6.43. The van der Waals surface area contributed by atoms with Gasteiger partial charge in [-0.05, 0) is 92.7 Å². The van der Waals surface area contributed by atoms with Crippen LogP contribution < -0.4 is 16.0 Å². The molecule has 4 N–H and O–H groups in total. The molecule has 3 aromatic carbocycles. The van der Waals surface area contributed by atoms with Gasteiger partial charge in [-0.15, -0.1) is 23.5 Å². The van der Waals surface area contributed by atoms with E-state index in [0.29, 0.717) is 77.3 Å². The van der Waals surface area contributed by atoms with Gasteiger partial charge in [0.15, 0.2) is 0 Å². The van der Waals surface area contributed by atoms with Crippen LogP contribution in [0.15, 0.2) is 95.1 Å². The van der Waals surface area contributed by atoms with E-state index in [1.807, 2.05) is 107 Å². The smallest absolute Gasteiger partial charge is 0.342 e. The maximum Gasteiger partial charge on any atom is 0.342 e. The van der Waals surface area contributed by atoms with Crippen LogP contribution in [-0.2, 0) is 49.3 Å². The number of aromatic amines is 1. The topological polar surface area (TPSA) is 204 Å². The number of amides is 3. The highest BCUT2D eigenvalue weighted by molar-refractivity contribution is 8.01. The Labute approximate surface area is 531 Å². The Bertz CT molecular complexity index is 3250. The lowest BCUT2D eigenvalue weighted by atomic mass is 9.63. The van der Waals surface area contributed by atoms with Gasteiger partial charge in [-0.3, -0.25) is 19.2 Å². The summed E-state index contributed by atoms with van der Waals surface area (Å²) < 4.78 is 22.8. The first-order valence-electron chi connectivity index (χ1n) is 31.4. The van der Waals surface area contributed by atoms with E-state index in [-0.39, 0.29) is 69.9 Å². The summed E-state index contributed by atoms with van der Waals surface area (Å²) in [7, 11) is 1.64. The van der Waals surface area contributed by atoms with Crippen molar-refractivity contribution < 1.29 is 47.7 Å². The number of amidine groups is 1. The summed E-state index contributed by atoms with van der Waals surface area (Å²) in [5.74, 6) is -1.62. The fourth-order valence-corrected chi connectivity index (χ4v) is 15.9. The van der Waals surface area contributed by atoms with E-state index < -0.39 is 56.3 Å². The SMILES string of the molecule is CCC(CC)(SCCOC(=O)Cc1ccc(C)c(NC(C)=O)c1)C(=O)NC1=NC(=Cc2[nH]c(NC(=O)C(CC)(CC)SCCOC)c(C(=O)OC3C(C)(C)CCCC3(C)C)c2-c2ccccc2)C(c2ccccc2)=C1C(=O)OC1C(C)(C)CCCC1(C)C. The van der Waals surface area contributed by atoms with Crippen LogP contribution in [0.4, 0.5) is 11.5 Å². The summed E-state index contributed by atoms with van der Waals surface area (Å²) in [4.78, 5) is 95.5. The lowest BCUT2D eigenvalue weighted by molar-refractivity contribution is -0.166. The summed E-state index contributed by atoms with van der Waals surface area (Å²) in [5, 5.41) is 9.21. The van der Waals surface area contributed by atoms with Crippen molar-refractivity contribution in [1.82, 2.24) is 10.3 Å². The molecule has 15 nitrogen and oxygen atoms in total. The molecule has 0 unspecified atom stereocenters. The number of carbonyl (C=O) groups is 6. The molecule has 0 bridgehead atoms. The quantitative estimate of drug-likeness (QED) is 0.0278. The van der Waals surface area contributed by atoms with E-state index in [2.05, 4.69) is 76.3 Å². The summed E-state index contributed by atoms with van der Waals surface area (Å²) >= 11 is 2.88. The third-order valence-electron chi connectivity index (χ3n) is 18.3. The van der Waals surface area contributed by atoms with E-state index in [1.165, 1.54) is 30.4 Å². The minimum atomic E-state index is -1.07. The molecule has 2 saturated carbocycles. The van der Waals surface area contributed by atoms with Crippen molar-refractivity contribution in [3.8, 4) is 11.1 Å². The maximum absolute atomic E-state index is 15.7. The number of aryl methyl sites for hydroxylation is 1. The van der Waals surface area contributed by atoms with Gasteiger partial charge in [-0.25, -0.2) is 14.6 Å². The number of esters is 3. The van der Waals surface area contributed by atoms with Crippen LogP contribution in [0.1, 0.15) is 187 Å². The van der Waals surface area contributed by atoms with E-state index in [9.17, 15) is 9.59 Å². The minimum Gasteiger partial charge on any atom is -0.465 e. The van der Waals surface area contributed by atoms with Crippen molar-refractivity contribution in [3.05, 3.63) is 118 Å². The standard InChI is InChI=1S/C71H95N5O10S2/c1-16-70(17-2,87-40-38-83-15)64(81)75-58-56(60(79)85-62-66(7,8)34-26-35-67(62,9)10)54(48-28-22-20-23-29-48)51(73-58)44-52-55(49-30-24-21-25-31-49)57(61(80)86-63-68(11,12)36-27-37-69(63,13)14)59(74-52)76-65(82)71(18-3,19-4)88-41-39-84-53(78)43-47-33-32-45(5)50(42-47)72-46(6)77/h20-25,28-33,42,44,62-63,73H,16-19,26-27,34-41,43H2,1-15H3,(H,72,77)(H,75,81)(H,74,76,82). The average molecular weight is 1240 g/mol. The number of H-pyrrole nitrogens is 1. The second-order valence-electron chi connectivity index (χ2n) is 26.6. The molecule has 2 fully saturated rings. The van der Waals surface area contributed by atoms with Gasteiger partial charge < -0.3 is 39.9 Å². The largest absolute Gasteiger partial charge is 0.465 e. The van der Waals surface area contributed by atoms with Gasteiger partial charge >= 0.3 is 17.9 Å². The van der Waals surface area contributed by atoms with Crippen LogP contribution in [0, 0.1) is 28.6 Å². The number of allylic oxidation sites excluding steroid dienone is 1. The van der Waals surface area contributed by atoms with Crippen molar-refractivity contribution in [2.24, 2.45) is 26.7 Å². The summed E-state index contributed by atoms with van der Waals surface area (Å²) in [5.41, 5.74) is 3.64. The number of nitrogens with one attached hydrogen (secondary N) is 4. The molecular weight excluding hydrogens is 1150 g/mol. The lowest BCUT2D eigenvalue weighted by Gasteiger charge is -2.48. The van der Waals surface area contributed by atoms with Gasteiger partial charge in [-0.2, -0.15) is 0 Å². The Balaban J connectivity index is 1.38. The lowest BCUT2D eigenvalue weighted by Crippen LogP contribution is -2.50. The van der Waals surface area contributed by atoms with E-state index in [1.54, 1.807) is 19.3 Å². The highest BCUT2D eigenvalue weighted by Gasteiger charge is 2.50. The Kier molecular flexibility index (Phi) is 22.8. The highest BCUT2D eigenvalue weighted by atomic mass is 32.2. The number of methoxy groups -OCH3 is 1. The molecule has 1 aromatic heterocycles. The molecule has 88 heavy (non-hydrogen) atoms. The molecule has 7 rings (SSSR count). The second-order valence-corrected chi connectivity index (χ2v) is 29.6. The second kappa shape index (κ2) is 29.0. The van der Waals surface area contributed by atoms with E-state index >= 15 is 19.2 Å². The van der Waals surface area contributed by atoms with E-state index in [0.717, 1.165) is 44.1 Å². The molecule has 0 spiro atoms. The molecule has 0 saturated heterocycles. The van der Waals surface area contributed by atoms with Crippen LogP contribution in [0.5, 0.6) is 0 Å². The van der Waals surface area contributed by atoms with Crippen molar-refractivity contribution in [2.45, 2.75) is 189 Å². The van der Waals surface area contributed by atoms with Crippen LogP contribution in [-0.4, -0.2) is 100.0 Å². The van der Waals surface area contributed by atoms with Gasteiger partial charge in [0.1, 0.15) is 41.6 Å². The number of rotatable bonds is 25. The Morgan fingerprint density at radius 2 is 1.16 bits per heavy atom. The molecule has 2 aliphatic carbocycles. The average Bonchev–Trinajstić information content (AvgIpc) is 1.60. The van der Waals surface area contributed by atoms with Crippen molar-refractivity contribution in [2.75, 3.05) is 42.5 Å². The molecular formula is C71H95N5O10S2. The van der Waals surface area contributed by atoms with Gasteiger partial charge in [-0.1, -0.05) is 169 Å². The fraction of sp³-hybridized carbons (Fsp3) is 0.535. The molecule has 476 valence electrons. The van der Waals surface area contributed by atoms with Crippen LogP contribution in [0.3, 0.4) is 0 Å². The number of anilines is 2. The summed E-state index contributed by atoms with van der Waals surface area (Å²) in [6, 6.07) is 24.3. The number of thioether (sulfide) groups is 2. The number of hydrogen-bond acceptors (Lipinski definition) is 13. The fourth-order valence-electron chi connectivity index (χ4n) is 13.5. The number of aliphatic imine (C=N–C) groups is 1. The number of aromatic nitrogens is 1. The molecule has 2 heterocycles. The van der Waals surface area contributed by atoms with Gasteiger partial charge in [0.25, 0.3) is 0 Å². The van der Waals surface area contributed by atoms with Gasteiger partial charge in [0, 0.05) is 64.0 Å². The molecule has 3 aliphatic rings. The molecule has 17 heteroatoms. The first-order chi connectivity index (χ1) is 41.6. The highest BCUT2D eigenvalue weighted by Crippen LogP contribution is 2.51. The molecule has 1 aliphatic heterocycles. The van der Waals surface area contributed by atoms with Crippen LogP contribution in [0.2, 0.25) is 0 Å². The summed E-state index contributed by atoms with van der Waals surface area (Å²) in [6.07, 6.45) is 7.91. The van der Waals surface area contributed by atoms with Gasteiger partial charge in [0.05, 0.1) is 33.9 Å². The van der Waals surface area contributed by atoms with Crippen molar-refractivity contribution in [3.63, 3.8) is 0 Å². The van der Waals surface area contributed by atoms with Crippen molar-refractivity contribution >= 4 is 88.1 Å². The number of carbonyl (C=O) groups excluding carboxylic acids is 6. The van der Waals surface area contributed by atoms with E-state index in [4.69, 9.17) is 23.9 Å². The predicted octanol–water partition coefficient (Wildman–Crippen LogP) is 15.1. The first kappa shape index (κ1) is 69.1. The van der Waals surface area contributed by atoms with Crippen molar-refractivity contribution in [1.29, 1.82) is 0 Å². The monoisotopic (exact) mass is 1240 g/mol. The zero-order chi connectivity index (χ0) is 64.4. The maximum atomic E-state index is 15.7. The minimum absolute atomic E-state index is 0.00643. The Morgan fingerprint density at radius 1 is 0.659 bits per heavy atom. The normalized spacial score (nSPS) is 17.9. The first-order valence-corrected chi connectivity index (χ1v) is 33.4. The number of ether oxygens (including phenoxy) is 4. The third-order valence-corrected chi connectivity index (χ3v) is 21.7. The number of nitrogens with zero attached hydrogens (tertiary/aromatic N) is 1. The number of benzene rings is 3. The molecule has 3 amide bonds. The molecule has 4 aromatic rings. The summed E-state index contributed by atoms with van der Waals surface area (Å²) in [6.45, 7) is 28.7. The molecule has 0 radical (unpaired) electrons. The van der Waals surface area contributed by atoms with Crippen LogP contribution >= 0.6 is 23.5 Å². The zero-order valence-corrected chi connectivity index (χ0v) is 56.3. The predicted molar refractivity (Wildman–Crippen MR) is 357 cm³/mol. The zero-order valence-electron chi connectivity index (χ0n) is 54.7. The molecule has 0 atom stereocenters.